The predicted molar refractivity (Wildman–Crippen MR) is 77.8 cm³/mol. The molecule has 0 amide bonds. The molecule has 1 aliphatic rings. The average molecular weight is 276 g/mol. The molecular weight excluding hydrogens is 256 g/mol. The molecule has 102 valence electrons. The summed E-state index contributed by atoms with van der Waals surface area (Å²) >= 11 is 1.58. The molecule has 5 heteroatoms. The highest BCUT2D eigenvalue weighted by Gasteiger charge is 2.41. The lowest BCUT2D eigenvalue weighted by Crippen LogP contribution is -2.36. The van der Waals surface area contributed by atoms with E-state index < -0.39 is 0 Å². The van der Waals surface area contributed by atoms with Crippen LogP contribution in [-0.2, 0) is 11.8 Å². The van der Waals surface area contributed by atoms with Crippen LogP contribution in [0.25, 0.3) is 5.52 Å². The van der Waals surface area contributed by atoms with E-state index in [4.69, 9.17) is 4.98 Å². The van der Waals surface area contributed by atoms with Crippen LogP contribution in [-0.4, -0.2) is 25.8 Å². The Balaban J connectivity index is 2.22. The summed E-state index contributed by atoms with van der Waals surface area (Å²) in [5.74, 6) is 1.16. The normalized spacial score (nSPS) is 17.6. The maximum Gasteiger partial charge on any atom is 0.207 e. The van der Waals surface area contributed by atoms with E-state index in [0.29, 0.717) is 0 Å². The summed E-state index contributed by atoms with van der Waals surface area (Å²) in [6.07, 6.45) is 9.81. The molecular formula is C14H20N4S. The zero-order valence-electron chi connectivity index (χ0n) is 11.8. The molecule has 19 heavy (non-hydrogen) atoms. The van der Waals surface area contributed by atoms with Gasteiger partial charge in [0, 0.05) is 5.41 Å². The highest BCUT2D eigenvalue weighted by molar-refractivity contribution is 7.98. The molecule has 2 heterocycles. The van der Waals surface area contributed by atoms with Crippen LogP contribution >= 0.6 is 11.8 Å². The van der Waals surface area contributed by atoms with E-state index in [2.05, 4.69) is 28.4 Å². The third-order valence-electron chi connectivity index (χ3n) is 4.43. The molecule has 1 fully saturated rings. The Morgan fingerprint density at radius 3 is 2.68 bits per heavy atom. The molecule has 0 spiro atoms. The lowest BCUT2D eigenvalue weighted by Gasteiger charge is -2.39. The summed E-state index contributed by atoms with van der Waals surface area (Å²) in [6, 6.07) is 0. The van der Waals surface area contributed by atoms with Gasteiger partial charge in [-0.3, -0.25) is 0 Å². The lowest BCUT2D eigenvalue weighted by atomic mass is 9.66. The third-order valence-corrected chi connectivity index (χ3v) is 4.98. The molecule has 0 radical (unpaired) electrons. The monoisotopic (exact) mass is 276 g/mol. The number of thioether (sulfide) groups is 1. The number of rotatable bonds is 4. The molecule has 0 saturated heterocycles. The minimum atomic E-state index is 0.250. The molecule has 0 aromatic carbocycles. The fourth-order valence-electron chi connectivity index (χ4n) is 2.96. The Morgan fingerprint density at radius 2 is 2.16 bits per heavy atom. The van der Waals surface area contributed by atoms with Gasteiger partial charge in [-0.2, -0.15) is 0 Å². The molecule has 1 aliphatic carbocycles. The lowest BCUT2D eigenvalue weighted by molar-refractivity contribution is 0.216. The smallest absolute Gasteiger partial charge is 0.207 e. The molecule has 4 nitrogen and oxygen atoms in total. The number of nitrogens with zero attached hydrogens (tertiary/aromatic N) is 4. The molecule has 2 aromatic rings. The fraction of sp³-hybridized carbons (Fsp3) is 0.643. The van der Waals surface area contributed by atoms with Crippen molar-refractivity contribution in [1.82, 2.24) is 19.6 Å². The molecule has 0 unspecified atom stereocenters. The molecule has 0 aliphatic heterocycles. The van der Waals surface area contributed by atoms with Gasteiger partial charge in [-0.05, 0) is 31.9 Å². The molecule has 1 saturated carbocycles. The second kappa shape index (κ2) is 4.78. The number of fused-ring (bicyclic) bond motifs is 1. The first-order valence-corrected chi connectivity index (χ1v) is 8.25. The average Bonchev–Trinajstić information content (AvgIpc) is 2.77. The van der Waals surface area contributed by atoms with Gasteiger partial charge in [-0.25, -0.2) is 14.5 Å². The van der Waals surface area contributed by atoms with E-state index in [9.17, 15) is 0 Å². The number of imidazole rings is 1. The fourth-order valence-corrected chi connectivity index (χ4v) is 3.28. The topological polar surface area (TPSA) is 43.1 Å². The van der Waals surface area contributed by atoms with E-state index in [-0.39, 0.29) is 5.41 Å². The predicted octanol–water partition coefficient (Wildman–Crippen LogP) is 3.24. The van der Waals surface area contributed by atoms with Crippen LogP contribution in [0.1, 0.15) is 51.0 Å². The first-order chi connectivity index (χ1) is 9.24. The largest absolute Gasteiger partial charge is 0.235 e. The Hall–Kier alpha value is -1.10. The van der Waals surface area contributed by atoms with Crippen molar-refractivity contribution in [3.05, 3.63) is 17.7 Å². The van der Waals surface area contributed by atoms with Gasteiger partial charge in [-0.15, -0.1) is 5.10 Å². The van der Waals surface area contributed by atoms with E-state index in [1.807, 2.05) is 12.5 Å². The van der Waals surface area contributed by atoms with Crippen LogP contribution in [0.4, 0.5) is 0 Å². The van der Waals surface area contributed by atoms with Crippen LogP contribution < -0.4 is 0 Å². The van der Waals surface area contributed by atoms with Gasteiger partial charge in [0.1, 0.15) is 11.3 Å². The van der Waals surface area contributed by atoms with Crippen LogP contribution in [0, 0.1) is 0 Å². The van der Waals surface area contributed by atoms with E-state index in [1.54, 1.807) is 11.8 Å². The van der Waals surface area contributed by atoms with E-state index >= 15 is 0 Å². The summed E-state index contributed by atoms with van der Waals surface area (Å²) in [6.45, 7) is 4.41. The summed E-state index contributed by atoms with van der Waals surface area (Å²) in [5, 5.41) is 5.48. The van der Waals surface area contributed by atoms with Gasteiger partial charge < -0.3 is 0 Å². The van der Waals surface area contributed by atoms with Crippen LogP contribution in [0.3, 0.4) is 0 Å². The minimum Gasteiger partial charge on any atom is -0.235 e. The van der Waals surface area contributed by atoms with E-state index in [0.717, 1.165) is 35.0 Å². The standard InChI is InChI=1S/C14H20N4S/c1-4-10-11-9-15-13(19-3)17-18(11)12(16-10)14(5-2)7-6-8-14/h9H,4-8H2,1-3H3. The van der Waals surface area contributed by atoms with Gasteiger partial charge in [0.25, 0.3) is 0 Å². The number of aryl methyl sites for hydroxylation is 1. The Morgan fingerprint density at radius 1 is 1.37 bits per heavy atom. The molecule has 3 rings (SSSR count). The van der Waals surface area contributed by atoms with Crippen LogP contribution in [0.5, 0.6) is 0 Å². The third kappa shape index (κ3) is 1.86. The quantitative estimate of drug-likeness (QED) is 0.804. The van der Waals surface area contributed by atoms with Gasteiger partial charge >= 0.3 is 0 Å². The van der Waals surface area contributed by atoms with Crippen molar-refractivity contribution in [2.75, 3.05) is 6.26 Å². The van der Waals surface area contributed by atoms with Gasteiger partial charge in [0.05, 0.1) is 11.9 Å². The molecule has 2 aromatic heterocycles. The van der Waals surface area contributed by atoms with Crippen molar-refractivity contribution in [2.24, 2.45) is 0 Å². The zero-order valence-corrected chi connectivity index (χ0v) is 12.6. The minimum absolute atomic E-state index is 0.250. The van der Waals surface area contributed by atoms with Crippen LogP contribution in [0.2, 0.25) is 0 Å². The highest BCUT2D eigenvalue weighted by Crippen LogP contribution is 2.46. The summed E-state index contributed by atoms with van der Waals surface area (Å²) in [7, 11) is 0. The summed E-state index contributed by atoms with van der Waals surface area (Å²) in [5.41, 5.74) is 2.46. The zero-order chi connectivity index (χ0) is 13.5. The summed E-state index contributed by atoms with van der Waals surface area (Å²) in [4.78, 5) is 9.29. The Kier molecular flexibility index (Phi) is 3.25. The van der Waals surface area contributed by atoms with Crippen molar-refractivity contribution in [1.29, 1.82) is 0 Å². The molecule has 0 atom stereocenters. The number of aromatic nitrogens is 4. The Labute approximate surface area is 118 Å². The maximum atomic E-state index is 4.90. The van der Waals surface area contributed by atoms with Gasteiger partial charge in [-0.1, -0.05) is 32.0 Å². The van der Waals surface area contributed by atoms with Gasteiger partial charge in [0.2, 0.25) is 5.16 Å². The number of hydrogen-bond donors (Lipinski definition) is 0. The van der Waals surface area contributed by atoms with Gasteiger partial charge in [0.15, 0.2) is 0 Å². The van der Waals surface area contributed by atoms with Crippen molar-refractivity contribution in [2.45, 2.75) is 56.5 Å². The van der Waals surface area contributed by atoms with Crippen LogP contribution in [0.15, 0.2) is 11.4 Å². The maximum absolute atomic E-state index is 4.90. The first kappa shape index (κ1) is 12.9. The van der Waals surface area contributed by atoms with Crippen molar-refractivity contribution in [3.63, 3.8) is 0 Å². The summed E-state index contributed by atoms with van der Waals surface area (Å²) < 4.78 is 2.06. The number of hydrogen-bond acceptors (Lipinski definition) is 4. The van der Waals surface area contributed by atoms with Crippen molar-refractivity contribution < 1.29 is 0 Å². The second-order valence-corrected chi connectivity index (χ2v) is 6.04. The van der Waals surface area contributed by atoms with E-state index in [1.165, 1.54) is 19.3 Å². The van der Waals surface area contributed by atoms with Crippen molar-refractivity contribution in [3.8, 4) is 0 Å². The molecule has 0 bridgehead atoms. The highest BCUT2D eigenvalue weighted by atomic mass is 32.2. The molecule has 0 N–H and O–H groups in total. The first-order valence-electron chi connectivity index (χ1n) is 7.03. The second-order valence-electron chi connectivity index (χ2n) is 5.27. The SMILES string of the molecule is CCc1nc(C2(CC)CCC2)n2nc(SC)ncc12. The Bertz CT molecular complexity index is 595. The van der Waals surface area contributed by atoms with Crippen molar-refractivity contribution >= 4 is 17.3 Å².